The summed E-state index contributed by atoms with van der Waals surface area (Å²) in [6.07, 6.45) is 7.88. The molecule has 0 atom stereocenters. The number of hydrogen-bond donors (Lipinski definition) is 1. The quantitative estimate of drug-likeness (QED) is 0.834. The SMILES string of the molecule is CC1(C)Cc2cc(C#N)c(C#N)cc2/C(=C/C(=O)C2CCCCC2)N1. The number of benzene rings is 1. The lowest BCUT2D eigenvalue weighted by Gasteiger charge is -2.36. The van der Waals surface area contributed by atoms with E-state index in [1.54, 1.807) is 18.2 Å². The average Bonchev–Trinajstić information content (AvgIpc) is 2.60. The molecule has 0 radical (unpaired) electrons. The monoisotopic (exact) mass is 333 g/mol. The molecule has 1 aromatic rings. The molecular weight excluding hydrogens is 310 g/mol. The predicted octanol–water partition coefficient (Wildman–Crippen LogP) is 3.84. The zero-order chi connectivity index (χ0) is 18.0. The highest BCUT2D eigenvalue weighted by molar-refractivity contribution is 5.98. The molecule has 4 heteroatoms. The third kappa shape index (κ3) is 3.59. The topological polar surface area (TPSA) is 76.7 Å². The van der Waals surface area contributed by atoms with Gasteiger partial charge in [-0.05, 0) is 50.8 Å². The summed E-state index contributed by atoms with van der Waals surface area (Å²) in [7, 11) is 0. The number of nitrogens with one attached hydrogen (secondary N) is 1. The first-order valence-corrected chi connectivity index (χ1v) is 8.95. The van der Waals surface area contributed by atoms with Crippen molar-refractivity contribution in [3.05, 3.63) is 40.5 Å². The van der Waals surface area contributed by atoms with Gasteiger partial charge in [-0.25, -0.2) is 0 Å². The molecule has 0 spiro atoms. The molecule has 1 heterocycles. The second-order valence-corrected chi connectivity index (χ2v) is 7.76. The molecule has 0 unspecified atom stereocenters. The zero-order valence-corrected chi connectivity index (χ0v) is 14.9. The number of ketones is 1. The summed E-state index contributed by atoms with van der Waals surface area (Å²) in [5.41, 5.74) is 3.23. The number of carbonyl (C=O) groups is 1. The maximum absolute atomic E-state index is 12.7. The fourth-order valence-electron chi connectivity index (χ4n) is 3.94. The number of allylic oxidation sites excluding steroid dienone is 1. The van der Waals surface area contributed by atoms with Crippen molar-refractivity contribution in [1.29, 1.82) is 10.5 Å². The van der Waals surface area contributed by atoms with Gasteiger partial charge in [-0.3, -0.25) is 4.79 Å². The Bertz CT molecular complexity index is 815. The van der Waals surface area contributed by atoms with E-state index in [0.717, 1.165) is 48.9 Å². The highest BCUT2D eigenvalue weighted by Crippen LogP contribution is 2.33. The van der Waals surface area contributed by atoms with Crippen LogP contribution in [-0.2, 0) is 11.2 Å². The van der Waals surface area contributed by atoms with Crippen LogP contribution in [0.2, 0.25) is 0 Å². The minimum Gasteiger partial charge on any atom is -0.379 e. The Morgan fingerprint density at radius 3 is 2.44 bits per heavy atom. The Hall–Kier alpha value is -2.59. The van der Waals surface area contributed by atoms with Gasteiger partial charge in [-0.2, -0.15) is 10.5 Å². The third-order valence-corrected chi connectivity index (χ3v) is 5.17. The van der Waals surface area contributed by atoms with Crippen molar-refractivity contribution in [3.8, 4) is 12.1 Å². The second kappa shape index (κ2) is 6.73. The van der Waals surface area contributed by atoms with Gasteiger partial charge in [-0.15, -0.1) is 0 Å². The number of rotatable bonds is 2. The molecule has 3 rings (SSSR count). The molecule has 1 fully saturated rings. The first-order valence-electron chi connectivity index (χ1n) is 8.95. The van der Waals surface area contributed by atoms with Crippen LogP contribution < -0.4 is 5.32 Å². The van der Waals surface area contributed by atoms with E-state index in [-0.39, 0.29) is 17.2 Å². The van der Waals surface area contributed by atoms with E-state index in [1.165, 1.54) is 6.42 Å². The van der Waals surface area contributed by atoms with Crippen LogP contribution in [-0.4, -0.2) is 11.3 Å². The number of nitrogens with zero attached hydrogens (tertiary/aromatic N) is 2. The molecule has 0 aromatic heterocycles. The van der Waals surface area contributed by atoms with Gasteiger partial charge < -0.3 is 5.32 Å². The molecule has 0 amide bonds. The van der Waals surface area contributed by atoms with E-state index in [4.69, 9.17) is 0 Å². The standard InChI is InChI=1S/C21H23N3O/c1-21(2)11-15-8-16(12-22)17(13-23)9-18(15)19(24-21)10-20(25)14-6-4-3-5-7-14/h8-10,14,24H,3-7,11H2,1-2H3/b19-10-. The Kier molecular flexibility index (Phi) is 4.64. The van der Waals surface area contributed by atoms with Crippen molar-refractivity contribution in [2.24, 2.45) is 5.92 Å². The Labute approximate surface area is 149 Å². The lowest BCUT2D eigenvalue weighted by atomic mass is 9.82. The normalized spacial score (nSPS) is 20.9. The first-order chi connectivity index (χ1) is 11.9. The van der Waals surface area contributed by atoms with Gasteiger partial charge >= 0.3 is 0 Å². The van der Waals surface area contributed by atoms with Crippen LogP contribution in [0.3, 0.4) is 0 Å². The van der Waals surface area contributed by atoms with Crippen LogP contribution in [0.4, 0.5) is 0 Å². The maximum atomic E-state index is 12.7. The summed E-state index contributed by atoms with van der Waals surface area (Å²) in [5, 5.41) is 22.1. The summed E-state index contributed by atoms with van der Waals surface area (Å²) in [6, 6.07) is 7.74. The smallest absolute Gasteiger partial charge is 0.160 e. The van der Waals surface area contributed by atoms with E-state index >= 15 is 0 Å². The minimum absolute atomic E-state index is 0.116. The van der Waals surface area contributed by atoms with Gasteiger partial charge in [0.15, 0.2) is 5.78 Å². The zero-order valence-electron chi connectivity index (χ0n) is 14.9. The van der Waals surface area contributed by atoms with Gasteiger partial charge in [0.25, 0.3) is 0 Å². The lowest BCUT2D eigenvalue weighted by molar-refractivity contribution is -0.119. The summed E-state index contributed by atoms with van der Waals surface area (Å²) in [5.74, 6) is 0.291. The van der Waals surface area contributed by atoms with Crippen molar-refractivity contribution >= 4 is 11.5 Å². The maximum Gasteiger partial charge on any atom is 0.160 e. The van der Waals surface area contributed by atoms with Crippen molar-refractivity contribution in [1.82, 2.24) is 5.32 Å². The molecule has 1 aromatic carbocycles. The summed E-state index contributed by atoms with van der Waals surface area (Å²) in [4.78, 5) is 12.7. The molecule has 1 N–H and O–H groups in total. The Morgan fingerprint density at radius 1 is 1.16 bits per heavy atom. The van der Waals surface area contributed by atoms with Gasteiger partial charge in [0.05, 0.1) is 11.1 Å². The molecule has 1 saturated carbocycles. The molecule has 0 bridgehead atoms. The van der Waals surface area contributed by atoms with Crippen LogP contribution in [0, 0.1) is 28.6 Å². The lowest BCUT2D eigenvalue weighted by Crippen LogP contribution is -2.44. The summed E-state index contributed by atoms with van der Waals surface area (Å²) in [6.45, 7) is 4.16. The predicted molar refractivity (Wildman–Crippen MR) is 96.3 cm³/mol. The molecule has 25 heavy (non-hydrogen) atoms. The molecular formula is C21H23N3O. The molecule has 2 aliphatic rings. The Balaban J connectivity index is 2.03. The number of fused-ring (bicyclic) bond motifs is 1. The van der Waals surface area contributed by atoms with Gasteiger partial charge in [0.2, 0.25) is 0 Å². The Morgan fingerprint density at radius 2 is 1.80 bits per heavy atom. The van der Waals surface area contributed by atoms with Gasteiger partial charge in [0.1, 0.15) is 12.1 Å². The van der Waals surface area contributed by atoms with Crippen LogP contribution in [0.25, 0.3) is 5.70 Å². The van der Waals surface area contributed by atoms with E-state index in [0.29, 0.717) is 11.1 Å². The summed E-state index contributed by atoms with van der Waals surface area (Å²) >= 11 is 0. The molecule has 1 aliphatic carbocycles. The largest absolute Gasteiger partial charge is 0.379 e. The molecule has 128 valence electrons. The second-order valence-electron chi connectivity index (χ2n) is 7.76. The molecule has 0 saturated heterocycles. The number of carbonyl (C=O) groups excluding carboxylic acids is 1. The fraction of sp³-hybridized carbons (Fsp3) is 0.476. The highest BCUT2D eigenvalue weighted by Gasteiger charge is 2.30. The van der Waals surface area contributed by atoms with Crippen molar-refractivity contribution in [3.63, 3.8) is 0 Å². The third-order valence-electron chi connectivity index (χ3n) is 5.17. The highest BCUT2D eigenvalue weighted by atomic mass is 16.1. The molecule has 1 aliphatic heterocycles. The van der Waals surface area contributed by atoms with E-state index in [9.17, 15) is 15.3 Å². The van der Waals surface area contributed by atoms with Crippen LogP contribution in [0.5, 0.6) is 0 Å². The minimum atomic E-state index is -0.202. The number of hydrogen-bond acceptors (Lipinski definition) is 4. The van der Waals surface area contributed by atoms with E-state index in [2.05, 4.69) is 31.3 Å². The van der Waals surface area contributed by atoms with Crippen LogP contribution in [0.1, 0.15) is 68.2 Å². The van der Waals surface area contributed by atoms with Crippen molar-refractivity contribution < 1.29 is 4.79 Å². The van der Waals surface area contributed by atoms with Crippen LogP contribution in [0.15, 0.2) is 18.2 Å². The van der Waals surface area contributed by atoms with Crippen LogP contribution >= 0.6 is 0 Å². The molecule has 4 nitrogen and oxygen atoms in total. The van der Waals surface area contributed by atoms with Crippen molar-refractivity contribution in [2.45, 2.75) is 57.9 Å². The van der Waals surface area contributed by atoms with Gasteiger partial charge in [0, 0.05) is 28.8 Å². The van der Waals surface area contributed by atoms with E-state index in [1.807, 2.05) is 0 Å². The van der Waals surface area contributed by atoms with E-state index < -0.39 is 0 Å². The fourth-order valence-corrected chi connectivity index (χ4v) is 3.94. The van der Waals surface area contributed by atoms with Gasteiger partial charge in [-0.1, -0.05) is 19.3 Å². The first kappa shape index (κ1) is 17.2. The summed E-state index contributed by atoms with van der Waals surface area (Å²) < 4.78 is 0. The average molecular weight is 333 g/mol. The number of nitriles is 2. The van der Waals surface area contributed by atoms with Crippen molar-refractivity contribution in [2.75, 3.05) is 0 Å².